The number of ketones is 1. The Morgan fingerprint density at radius 3 is 2.36 bits per heavy atom. The second-order valence-electron chi connectivity index (χ2n) is 10.4. The van der Waals surface area contributed by atoms with E-state index < -0.39 is 0 Å². The molecule has 5 heteroatoms. The molecule has 0 N–H and O–H groups in total. The van der Waals surface area contributed by atoms with Crippen LogP contribution in [-0.4, -0.2) is 29.9 Å². The quantitative estimate of drug-likeness (QED) is 0.665. The summed E-state index contributed by atoms with van der Waals surface area (Å²) in [6.07, 6.45) is 7.17. The van der Waals surface area contributed by atoms with Crippen LogP contribution in [0.2, 0.25) is 0 Å². The van der Waals surface area contributed by atoms with Crippen molar-refractivity contribution in [2.75, 3.05) is 0 Å². The van der Waals surface area contributed by atoms with Gasteiger partial charge in [-0.25, -0.2) is 0 Å². The van der Waals surface area contributed by atoms with Gasteiger partial charge in [0.15, 0.2) is 0 Å². The summed E-state index contributed by atoms with van der Waals surface area (Å²) in [5.41, 5.74) is -0.0577. The van der Waals surface area contributed by atoms with Crippen molar-refractivity contribution in [2.45, 2.75) is 91.3 Å². The molecule has 0 aromatic heterocycles. The predicted octanol–water partition coefficient (Wildman–Crippen LogP) is 4.07. The van der Waals surface area contributed by atoms with Crippen molar-refractivity contribution in [2.24, 2.45) is 34.5 Å². The van der Waals surface area contributed by atoms with Gasteiger partial charge in [0.05, 0.1) is 0 Å². The molecule has 0 heterocycles. The lowest BCUT2D eigenvalue weighted by Crippen LogP contribution is -2.58. The van der Waals surface area contributed by atoms with E-state index in [-0.39, 0.29) is 40.9 Å². The average molecular weight is 391 g/mol. The third kappa shape index (κ3) is 3.09. The Balaban J connectivity index is 1.61. The van der Waals surface area contributed by atoms with Crippen LogP contribution >= 0.6 is 0 Å². The molecule has 0 saturated heterocycles. The fourth-order valence-corrected chi connectivity index (χ4v) is 7.74. The second kappa shape index (κ2) is 6.84. The lowest BCUT2D eigenvalue weighted by molar-refractivity contribution is -0.175. The Morgan fingerprint density at radius 1 is 0.964 bits per heavy atom. The van der Waals surface area contributed by atoms with Crippen LogP contribution in [0.1, 0.15) is 79.1 Å². The van der Waals surface area contributed by atoms with E-state index in [9.17, 15) is 14.4 Å². The van der Waals surface area contributed by atoms with E-state index in [0.29, 0.717) is 30.0 Å². The highest BCUT2D eigenvalue weighted by Gasteiger charge is 2.64. The maximum atomic E-state index is 13.4. The summed E-state index contributed by atoms with van der Waals surface area (Å²) in [6.45, 7) is 7.51. The molecule has 4 saturated carbocycles. The van der Waals surface area contributed by atoms with Gasteiger partial charge in [0.1, 0.15) is 18.0 Å². The topological polar surface area (TPSA) is 69.7 Å². The van der Waals surface area contributed by atoms with Gasteiger partial charge >= 0.3 is 11.9 Å². The van der Waals surface area contributed by atoms with Crippen molar-refractivity contribution in [1.82, 2.24) is 0 Å². The molecule has 0 amide bonds. The van der Waals surface area contributed by atoms with Gasteiger partial charge in [-0.05, 0) is 67.6 Å². The van der Waals surface area contributed by atoms with Crippen molar-refractivity contribution in [1.29, 1.82) is 0 Å². The minimum absolute atomic E-state index is 0.00337. The Labute approximate surface area is 167 Å². The number of rotatable bonds is 2. The molecule has 0 spiro atoms. The van der Waals surface area contributed by atoms with E-state index in [1.807, 2.05) is 0 Å². The minimum atomic E-state index is -0.207. The van der Waals surface area contributed by atoms with Crippen molar-refractivity contribution < 1.29 is 23.9 Å². The van der Waals surface area contributed by atoms with Gasteiger partial charge in [0.25, 0.3) is 0 Å². The zero-order valence-corrected chi connectivity index (χ0v) is 17.7. The Hall–Kier alpha value is -1.39. The first-order valence-electron chi connectivity index (χ1n) is 11.0. The van der Waals surface area contributed by atoms with Crippen LogP contribution < -0.4 is 0 Å². The second-order valence-corrected chi connectivity index (χ2v) is 10.4. The van der Waals surface area contributed by atoms with Crippen LogP contribution in [0.25, 0.3) is 0 Å². The molecule has 8 atom stereocenters. The highest BCUT2D eigenvalue weighted by Crippen LogP contribution is 2.65. The number of hydrogen-bond donors (Lipinski definition) is 0. The molecule has 4 aliphatic carbocycles. The number of fused-ring (bicyclic) bond motifs is 5. The summed E-state index contributed by atoms with van der Waals surface area (Å²) in [4.78, 5) is 36.5. The molecule has 8 unspecified atom stereocenters. The molecule has 28 heavy (non-hydrogen) atoms. The number of carbonyl (C=O) groups excluding carboxylic acids is 3. The van der Waals surface area contributed by atoms with E-state index in [2.05, 4.69) is 13.8 Å². The highest BCUT2D eigenvalue weighted by atomic mass is 16.5. The van der Waals surface area contributed by atoms with Crippen LogP contribution in [0.4, 0.5) is 0 Å². The first-order valence-corrected chi connectivity index (χ1v) is 11.0. The number of esters is 2. The zero-order valence-electron chi connectivity index (χ0n) is 17.7. The van der Waals surface area contributed by atoms with Crippen LogP contribution in [0.3, 0.4) is 0 Å². The number of carbonyl (C=O) groups is 3. The molecule has 4 aliphatic rings. The Bertz CT molecular complexity index is 686. The predicted molar refractivity (Wildman–Crippen MR) is 103 cm³/mol. The molecule has 0 aromatic rings. The largest absolute Gasteiger partial charge is 0.463 e. The average Bonchev–Trinajstić information content (AvgIpc) is 2.89. The van der Waals surface area contributed by atoms with E-state index in [0.717, 1.165) is 44.9 Å². The fraction of sp³-hybridized carbons (Fsp3) is 0.870. The molecular formula is C23H34O5. The van der Waals surface area contributed by atoms with Gasteiger partial charge in [-0.15, -0.1) is 0 Å². The van der Waals surface area contributed by atoms with Crippen LogP contribution in [0.15, 0.2) is 0 Å². The van der Waals surface area contributed by atoms with E-state index in [1.165, 1.54) is 13.8 Å². The monoisotopic (exact) mass is 390 g/mol. The molecule has 4 fully saturated rings. The van der Waals surface area contributed by atoms with Gasteiger partial charge in [0, 0.05) is 32.1 Å². The first-order chi connectivity index (χ1) is 13.1. The fourth-order valence-electron chi connectivity index (χ4n) is 7.74. The molecular weight excluding hydrogens is 356 g/mol. The van der Waals surface area contributed by atoms with Crippen molar-refractivity contribution in [3.63, 3.8) is 0 Å². The van der Waals surface area contributed by atoms with Gasteiger partial charge in [0.2, 0.25) is 0 Å². The molecule has 0 radical (unpaired) electrons. The Morgan fingerprint density at radius 2 is 1.68 bits per heavy atom. The van der Waals surface area contributed by atoms with Crippen molar-refractivity contribution in [3.05, 3.63) is 0 Å². The van der Waals surface area contributed by atoms with E-state index >= 15 is 0 Å². The Kier molecular flexibility index (Phi) is 4.86. The highest BCUT2D eigenvalue weighted by molar-refractivity contribution is 5.84. The maximum absolute atomic E-state index is 13.4. The van der Waals surface area contributed by atoms with Crippen molar-refractivity contribution in [3.8, 4) is 0 Å². The lowest BCUT2D eigenvalue weighted by Gasteiger charge is -2.59. The van der Waals surface area contributed by atoms with Crippen LogP contribution in [0.5, 0.6) is 0 Å². The number of hydrogen-bond acceptors (Lipinski definition) is 5. The summed E-state index contributed by atoms with van der Waals surface area (Å²) >= 11 is 0. The maximum Gasteiger partial charge on any atom is 0.302 e. The SMILES string of the molecule is CC(=O)OC1CCC2(C)C(CCC3C4C(OC(C)=O)CCC4(C)CC(=O)C32)C1. The minimum Gasteiger partial charge on any atom is -0.463 e. The molecule has 0 bridgehead atoms. The lowest BCUT2D eigenvalue weighted by atomic mass is 9.44. The first kappa shape index (κ1) is 19.9. The van der Waals surface area contributed by atoms with Gasteiger partial charge in [-0.2, -0.15) is 0 Å². The summed E-state index contributed by atoms with van der Waals surface area (Å²) in [6, 6.07) is 0. The molecule has 0 aromatic carbocycles. The third-order valence-corrected chi connectivity index (χ3v) is 8.71. The van der Waals surface area contributed by atoms with Crippen LogP contribution in [0, 0.1) is 34.5 Å². The van der Waals surface area contributed by atoms with E-state index in [1.54, 1.807) is 0 Å². The van der Waals surface area contributed by atoms with Crippen LogP contribution in [-0.2, 0) is 23.9 Å². The van der Waals surface area contributed by atoms with Gasteiger partial charge in [-0.1, -0.05) is 13.8 Å². The molecule has 5 nitrogen and oxygen atoms in total. The van der Waals surface area contributed by atoms with E-state index in [4.69, 9.17) is 9.47 Å². The summed E-state index contributed by atoms with van der Waals surface area (Å²) in [5.74, 6) is 1.09. The number of Topliss-reactive ketones (excluding diaryl/α,β-unsaturated/α-hetero) is 1. The normalized spacial score (nSPS) is 47.5. The van der Waals surface area contributed by atoms with Crippen molar-refractivity contribution >= 4 is 17.7 Å². The number of ether oxygens (including phenoxy) is 2. The van der Waals surface area contributed by atoms with Gasteiger partial charge in [-0.3, -0.25) is 14.4 Å². The summed E-state index contributed by atoms with van der Waals surface area (Å²) in [7, 11) is 0. The summed E-state index contributed by atoms with van der Waals surface area (Å²) < 4.78 is 11.3. The molecule has 0 aliphatic heterocycles. The smallest absolute Gasteiger partial charge is 0.302 e. The summed E-state index contributed by atoms with van der Waals surface area (Å²) in [5, 5.41) is 0. The standard InChI is InChI=1S/C23H34O5/c1-13(24)27-16-7-10-23(4)15(11-16)5-6-17-20(23)18(26)12-22(3)9-8-19(21(17)22)28-14(2)25/h15-17,19-21H,5-12H2,1-4H3. The van der Waals surface area contributed by atoms with Gasteiger partial charge < -0.3 is 9.47 Å². The molecule has 156 valence electrons. The molecule has 4 rings (SSSR count). The zero-order chi connectivity index (χ0) is 20.3. The third-order valence-electron chi connectivity index (χ3n) is 8.71.